The van der Waals surface area contributed by atoms with Crippen LogP contribution < -0.4 is 0 Å². The van der Waals surface area contributed by atoms with Gasteiger partial charge in [0.05, 0.1) is 11.8 Å². The third kappa shape index (κ3) is 2.17. The molecule has 0 unspecified atom stereocenters. The first-order valence-corrected chi connectivity index (χ1v) is 5.57. The first-order chi connectivity index (χ1) is 7.31. The minimum absolute atomic E-state index is 0.161. The van der Waals surface area contributed by atoms with E-state index in [-0.39, 0.29) is 5.78 Å². The molecule has 0 saturated heterocycles. The summed E-state index contributed by atoms with van der Waals surface area (Å²) < 4.78 is 1.79. The van der Waals surface area contributed by atoms with Gasteiger partial charge in [-0.1, -0.05) is 6.08 Å². The molecule has 0 amide bonds. The quantitative estimate of drug-likeness (QED) is 0.709. The van der Waals surface area contributed by atoms with E-state index in [1.807, 2.05) is 13.1 Å². The largest absolute Gasteiger partial charge is 0.289 e. The Hall–Kier alpha value is -1.38. The summed E-state index contributed by atoms with van der Waals surface area (Å²) in [7, 11) is 0. The van der Waals surface area contributed by atoms with E-state index in [1.165, 1.54) is 6.42 Å². The monoisotopic (exact) mass is 204 g/mol. The van der Waals surface area contributed by atoms with E-state index in [2.05, 4.69) is 11.2 Å². The molecule has 0 saturated carbocycles. The van der Waals surface area contributed by atoms with Crippen molar-refractivity contribution in [2.45, 2.75) is 39.2 Å². The molecule has 1 heterocycles. The first kappa shape index (κ1) is 10.1. The van der Waals surface area contributed by atoms with Gasteiger partial charge < -0.3 is 0 Å². The topological polar surface area (TPSA) is 34.9 Å². The number of hydrogen-bond donors (Lipinski definition) is 0. The zero-order chi connectivity index (χ0) is 10.7. The van der Waals surface area contributed by atoms with Gasteiger partial charge in [0.1, 0.15) is 0 Å². The number of carbonyl (C=O) groups excluding carboxylic acids is 1. The number of nitrogens with zero attached hydrogens (tertiary/aromatic N) is 2. The second kappa shape index (κ2) is 4.43. The summed E-state index contributed by atoms with van der Waals surface area (Å²) in [5.74, 6) is 0.161. The summed E-state index contributed by atoms with van der Waals surface area (Å²) >= 11 is 0. The summed E-state index contributed by atoms with van der Waals surface area (Å²) in [4.78, 5) is 12.0. The van der Waals surface area contributed by atoms with E-state index in [1.54, 1.807) is 10.9 Å². The Bertz CT molecular complexity index is 390. The van der Waals surface area contributed by atoms with Crippen molar-refractivity contribution < 1.29 is 4.79 Å². The average Bonchev–Trinajstić information content (AvgIpc) is 2.78. The second-order valence-corrected chi connectivity index (χ2v) is 3.89. The highest BCUT2D eigenvalue weighted by Gasteiger charge is 2.15. The van der Waals surface area contributed by atoms with Crippen LogP contribution in [0.4, 0.5) is 0 Å². The van der Waals surface area contributed by atoms with E-state index >= 15 is 0 Å². The Balaban J connectivity index is 2.16. The van der Waals surface area contributed by atoms with Crippen LogP contribution in [0.3, 0.4) is 0 Å². The average molecular weight is 204 g/mol. The molecule has 3 heteroatoms. The van der Waals surface area contributed by atoms with E-state index in [0.29, 0.717) is 0 Å². The third-order valence-electron chi connectivity index (χ3n) is 2.80. The summed E-state index contributed by atoms with van der Waals surface area (Å²) in [5.41, 5.74) is 1.70. The Labute approximate surface area is 89.8 Å². The van der Waals surface area contributed by atoms with Gasteiger partial charge in [-0.05, 0) is 38.2 Å². The summed E-state index contributed by atoms with van der Waals surface area (Å²) in [6.07, 6.45) is 9.90. The van der Waals surface area contributed by atoms with Crippen molar-refractivity contribution in [3.8, 4) is 0 Å². The first-order valence-electron chi connectivity index (χ1n) is 5.57. The van der Waals surface area contributed by atoms with Crippen molar-refractivity contribution in [1.82, 2.24) is 9.78 Å². The van der Waals surface area contributed by atoms with Crippen LogP contribution >= 0.6 is 0 Å². The summed E-state index contributed by atoms with van der Waals surface area (Å²) in [6.45, 7) is 2.83. The van der Waals surface area contributed by atoms with Crippen LogP contribution in [0, 0.1) is 0 Å². The van der Waals surface area contributed by atoms with E-state index in [0.717, 1.165) is 36.9 Å². The molecule has 80 valence electrons. The predicted molar refractivity (Wildman–Crippen MR) is 58.8 cm³/mol. The standard InChI is InChI=1S/C12H16N2O/c1-2-14-9-11(8-13-14)12(15)10-6-4-3-5-7-10/h6,8-9H,2-5,7H2,1H3. The van der Waals surface area contributed by atoms with Gasteiger partial charge >= 0.3 is 0 Å². The normalized spacial score (nSPS) is 16.2. The number of ketones is 1. The van der Waals surface area contributed by atoms with E-state index in [4.69, 9.17) is 0 Å². The predicted octanol–water partition coefficient (Wildman–Crippen LogP) is 2.59. The Morgan fingerprint density at radius 1 is 1.53 bits per heavy atom. The Morgan fingerprint density at radius 2 is 2.40 bits per heavy atom. The van der Waals surface area contributed by atoms with Gasteiger partial charge in [0.2, 0.25) is 0 Å². The lowest BCUT2D eigenvalue weighted by atomic mass is 9.94. The molecule has 1 aliphatic rings. The zero-order valence-corrected chi connectivity index (χ0v) is 9.07. The fourth-order valence-corrected chi connectivity index (χ4v) is 1.88. The minimum atomic E-state index is 0.161. The van der Waals surface area contributed by atoms with Crippen molar-refractivity contribution in [3.63, 3.8) is 0 Å². The molecule has 1 aliphatic carbocycles. The fraction of sp³-hybridized carbons (Fsp3) is 0.500. The van der Waals surface area contributed by atoms with Crippen LogP contribution in [-0.4, -0.2) is 15.6 Å². The van der Waals surface area contributed by atoms with Gasteiger partial charge in [0, 0.05) is 12.7 Å². The van der Waals surface area contributed by atoms with Crippen molar-refractivity contribution in [3.05, 3.63) is 29.6 Å². The fourth-order valence-electron chi connectivity index (χ4n) is 1.88. The molecule has 0 aliphatic heterocycles. The SMILES string of the molecule is CCn1cc(C(=O)C2=CCCCC2)cn1. The lowest BCUT2D eigenvalue weighted by Gasteiger charge is -2.09. The van der Waals surface area contributed by atoms with Gasteiger partial charge in [-0.25, -0.2) is 0 Å². The lowest BCUT2D eigenvalue weighted by molar-refractivity contribution is 0.102. The van der Waals surface area contributed by atoms with E-state index in [9.17, 15) is 4.79 Å². The maximum atomic E-state index is 12.0. The smallest absolute Gasteiger partial charge is 0.191 e. The number of hydrogen-bond acceptors (Lipinski definition) is 2. The molecule has 0 fully saturated rings. The van der Waals surface area contributed by atoms with Gasteiger partial charge in [-0.3, -0.25) is 9.48 Å². The highest BCUT2D eigenvalue weighted by atomic mass is 16.1. The number of carbonyl (C=O) groups is 1. The summed E-state index contributed by atoms with van der Waals surface area (Å²) in [6, 6.07) is 0. The van der Waals surface area contributed by atoms with Crippen LogP contribution in [0.25, 0.3) is 0 Å². The van der Waals surface area contributed by atoms with Crippen LogP contribution in [0.1, 0.15) is 43.0 Å². The second-order valence-electron chi connectivity index (χ2n) is 3.89. The Morgan fingerprint density at radius 3 is 3.00 bits per heavy atom. The van der Waals surface area contributed by atoms with Crippen LogP contribution in [0.2, 0.25) is 0 Å². The molecule has 0 spiro atoms. The van der Waals surface area contributed by atoms with Crippen molar-refractivity contribution in [2.75, 3.05) is 0 Å². The molecule has 0 radical (unpaired) electrons. The molecule has 2 rings (SSSR count). The van der Waals surface area contributed by atoms with Gasteiger partial charge in [0.15, 0.2) is 5.78 Å². The molecule has 15 heavy (non-hydrogen) atoms. The molecule has 0 bridgehead atoms. The number of Topliss-reactive ketones (excluding diaryl/α,β-unsaturated/α-hetero) is 1. The molecular formula is C12H16N2O. The number of aryl methyl sites for hydroxylation is 1. The van der Waals surface area contributed by atoms with Gasteiger partial charge in [-0.15, -0.1) is 0 Å². The van der Waals surface area contributed by atoms with Crippen molar-refractivity contribution in [2.24, 2.45) is 0 Å². The molecular weight excluding hydrogens is 188 g/mol. The zero-order valence-electron chi connectivity index (χ0n) is 9.07. The molecule has 1 aromatic heterocycles. The van der Waals surface area contributed by atoms with Crippen LogP contribution in [-0.2, 0) is 6.54 Å². The molecule has 3 nitrogen and oxygen atoms in total. The highest BCUT2D eigenvalue weighted by molar-refractivity contribution is 6.08. The van der Waals surface area contributed by atoms with Crippen molar-refractivity contribution in [1.29, 1.82) is 0 Å². The number of aromatic nitrogens is 2. The van der Waals surface area contributed by atoms with Crippen LogP contribution in [0.5, 0.6) is 0 Å². The third-order valence-corrected chi connectivity index (χ3v) is 2.80. The van der Waals surface area contributed by atoms with Gasteiger partial charge in [-0.2, -0.15) is 5.10 Å². The highest BCUT2D eigenvalue weighted by Crippen LogP contribution is 2.20. The minimum Gasteiger partial charge on any atom is -0.289 e. The van der Waals surface area contributed by atoms with Crippen LogP contribution in [0.15, 0.2) is 24.0 Å². The lowest BCUT2D eigenvalue weighted by Crippen LogP contribution is -2.05. The molecule has 0 aromatic carbocycles. The maximum Gasteiger partial charge on any atom is 0.191 e. The Kier molecular flexibility index (Phi) is 2.99. The molecule has 0 atom stereocenters. The van der Waals surface area contributed by atoms with Crippen molar-refractivity contribution >= 4 is 5.78 Å². The van der Waals surface area contributed by atoms with Gasteiger partial charge in [0.25, 0.3) is 0 Å². The molecule has 1 aromatic rings. The molecule has 0 N–H and O–H groups in total. The number of rotatable bonds is 3. The van der Waals surface area contributed by atoms with E-state index < -0.39 is 0 Å². The summed E-state index contributed by atoms with van der Waals surface area (Å²) in [5, 5.41) is 4.12. The maximum absolute atomic E-state index is 12.0. The number of allylic oxidation sites excluding steroid dienone is 2.